The van der Waals surface area contributed by atoms with Gasteiger partial charge >= 0.3 is 0 Å². The molecule has 0 aromatic heterocycles. The van der Waals surface area contributed by atoms with Crippen LogP contribution in [-0.4, -0.2) is 45.3 Å². The molecule has 0 aromatic rings. The second-order valence-corrected chi connectivity index (χ2v) is 2.31. The van der Waals surface area contributed by atoms with Crippen molar-refractivity contribution in [1.82, 2.24) is 0 Å². The van der Waals surface area contributed by atoms with E-state index in [9.17, 15) is 0 Å². The van der Waals surface area contributed by atoms with Gasteiger partial charge in [-0.25, -0.2) is 0 Å². The molecular weight excluding hydrogens is 136 g/mol. The van der Waals surface area contributed by atoms with Crippen molar-refractivity contribution in [2.45, 2.75) is 31.7 Å². The van der Waals surface area contributed by atoms with Gasteiger partial charge in [-0.1, -0.05) is 0 Å². The lowest BCUT2D eigenvalue weighted by atomic mass is 10.1. The molecule has 1 unspecified atom stereocenters. The molecule has 4 heteroatoms. The van der Waals surface area contributed by atoms with Crippen LogP contribution in [0.15, 0.2) is 0 Å². The van der Waals surface area contributed by atoms with Crippen LogP contribution in [0.3, 0.4) is 0 Å². The van der Waals surface area contributed by atoms with Crippen molar-refractivity contribution in [2.75, 3.05) is 6.61 Å². The molecule has 0 saturated heterocycles. The molecule has 0 aliphatic rings. The zero-order valence-electron chi connectivity index (χ0n) is 5.94. The molecule has 0 rings (SSSR count). The van der Waals surface area contributed by atoms with Gasteiger partial charge in [0.2, 0.25) is 0 Å². The second kappa shape index (κ2) is 4.62. The predicted molar refractivity (Wildman–Crippen MR) is 35.4 cm³/mol. The molecule has 0 saturated carbocycles. The van der Waals surface area contributed by atoms with Gasteiger partial charge in [-0.3, -0.25) is 0 Å². The fourth-order valence-electron chi connectivity index (χ4n) is 0.625. The van der Waals surface area contributed by atoms with Crippen molar-refractivity contribution in [3.63, 3.8) is 0 Å². The molecule has 0 aromatic carbocycles. The van der Waals surface area contributed by atoms with E-state index in [1.807, 2.05) is 0 Å². The molecule has 0 heterocycles. The lowest BCUT2D eigenvalue weighted by molar-refractivity contribution is -0.0586. The second-order valence-electron chi connectivity index (χ2n) is 2.31. The van der Waals surface area contributed by atoms with Gasteiger partial charge in [0.05, 0.1) is 12.2 Å². The highest BCUT2D eigenvalue weighted by atomic mass is 16.4. The molecule has 0 aliphatic carbocycles. The number of aliphatic hydroxyl groups is 4. The van der Waals surface area contributed by atoms with Crippen LogP contribution >= 0.6 is 0 Å². The van der Waals surface area contributed by atoms with Crippen LogP contribution in [-0.2, 0) is 0 Å². The van der Waals surface area contributed by atoms with E-state index in [1.54, 1.807) is 0 Å². The number of hydrogen-bond acceptors (Lipinski definition) is 4. The molecule has 10 heavy (non-hydrogen) atoms. The Bertz CT molecular complexity index is 83.8. The third-order valence-corrected chi connectivity index (χ3v) is 1.31. The monoisotopic (exact) mass is 150 g/mol. The normalized spacial score (nSPS) is 20.1. The minimum absolute atomic E-state index is 0.0894. The maximum Gasteiger partial charge on any atom is 0.105 e. The Morgan fingerprint density at radius 2 is 1.70 bits per heavy atom. The smallest absolute Gasteiger partial charge is 0.105 e. The summed E-state index contributed by atoms with van der Waals surface area (Å²) in [6, 6.07) is 0. The summed E-state index contributed by atoms with van der Waals surface area (Å²) in [5.74, 6) is 0. The van der Waals surface area contributed by atoms with Gasteiger partial charge in [-0.15, -0.1) is 0 Å². The minimum atomic E-state index is -1.16. The van der Waals surface area contributed by atoms with Crippen molar-refractivity contribution in [2.24, 2.45) is 0 Å². The van der Waals surface area contributed by atoms with E-state index in [0.717, 1.165) is 0 Å². The van der Waals surface area contributed by atoms with Crippen LogP contribution in [0.2, 0.25) is 0 Å². The summed E-state index contributed by atoms with van der Waals surface area (Å²) < 4.78 is 0. The highest BCUT2D eigenvalue weighted by Crippen LogP contribution is 2.02. The third kappa shape index (κ3) is 3.12. The average Bonchev–Trinajstić information content (AvgIpc) is 1.87. The Morgan fingerprint density at radius 3 is 2.00 bits per heavy atom. The van der Waals surface area contributed by atoms with E-state index in [1.165, 1.54) is 6.92 Å². The van der Waals surface area contributed by atoms with Gasteiger partial charge in [-0.2, -0.15) is 0 Å². The van der Waals surface area contributed by atoms with Crippen molar-refractivity contribution in [1.29, 1.82) is 0 Å². The third-order valence-electron chi connectivity index (χ3n) is 1.31. The van der Waals surface area contributed by atoms with Gasteiger partial charge in [0, 0.05) is 6.61 Å². The van der Waals surface area contributed by atoms with Crippen LogP contribution < -0.4 is 0 Å². The maximum absolute atomic E-state index is 8.92. The molecule has 0 amide bonds. The summed E-state index contributed by atoms with van der Waals surface area (Å²) in [5.41, 5.74) is 0. The lowest BCUT2D eigenvalue weighted by Gasteiger charge is -2.18. The van der Waals surface area contributed by atoms with E-state index < -0.39 is 18.3 Å². The Kier molecular flexibility index (Phi) is 4.55. The lowest BCUT2D eigenvalue weighted by Crippen LogP contribution is -2.35. The summed E-state index contributed by atoms with van der Waals surface area (Å²) in [6.45, 7) is 1.19. The summed E-state index contributed by atoms with van der Waals surface area (Å²) in [6.07, 6.45) is -3.06. The van der Waals surface area contributed by atoms with Crippen LogP contribution in [0.25, 0.3) is 0 Å². The molecular formula is C6H14O4. The van der Waals surface area contributed by atoms with Gasteiger partial charge < -0.3 is 20.4 Å². The molecule has 3 atom stereocenters. The average molecular weight is 150 g/mol. The summed E-state index contributed by atoms with van der Waals surface area (Å²) >= 11 is 0. The molecule has 4 nitrogen and oxygen atoms in total. The molecule has 62 valence electrons. The van der Waals surface area contributed by atoms with E-state index in [0.29, 0.717) is 0 Å². The Balaban J connectivity index is 3.58. The standard InChI is InChI=1S/C6H14O4/c1-4(8)6(10)5(9)2-3-7/h4-10H,2-3H2,1H3/t4-,5-,6?/m1/s1. The number of aliphatic hydroxyl groups excluding tert-OH is 4. The van der Waals surface area contributed by atoms with Crippen molar-refractivity contribution in [3.8, 4) is 0 Å². The van der Waals surface area contributed by atoms with Crippen molar-refractivity contribution < 1.29 is 20.4 Å². The fraction of sp³-hybridized carbons (Fsp3) is 1.00. The number of hydrogen-bond donors (Lipinski definition) is 4. The van der Waals surface area contributed by atoms with E-state index >= 15 is 0 Å². The quantitative estimate of drug-likeness (QED) is 0.392. The summed E-state index contributed by atoms with van der Waals surface area (Å²) in [7, 11) is 0. The van der Waals surface area contributed by atoms with Crippen LogP contribution in [0.1, 0.15) is 13.3 Å². The van der Waals surface area contributed by atoms with Crippen molar-refractivity contribution in [3.05, 3.63) is 0 Å². The Labute approximate surface area is 59.7 Å². The SMILES string of the molecule is C[C@@H](O)C(O)[C@H](O)CCO. The van der Waals surface area contributed by atoms with E-state index in [4.69, 9.17) is 20.4 Å². The predicted octanol–water partition coefficient (Wildman–Crippen LogP) is -1.53. The van der Waals surface area contributed by atoms with Gasteiger partial charge in [0.25, 0.3) is 0 Å². The van der Waals surface area contributed by atoms with Crippen LogP contribution in [0.5, 0.6) is 0 Å². The highest BCUT2D eigenvalue weighted by molar-refractivity contribution is 4.71. The molecule has 0 fully saturated rings. The fourth-order valence-corrected chi connectivity index (χ4v) is 0.625. The first-order valence-electron chi connectivity index (χ1n) is 3.24. The van der Waals surface area contributed by atoms with Crippen LogP contribution in [0.4, 0.5) is 0 Å². The molecule has 0 radical (unpaired) electrons. The molecule has 0 aliphatic heterocycles. The Hall–Kier alpha value is -0.160. The van der Waals surface area contributed by atoms with Gasteiger partial charge in [-0.05, 0) is 13.3 Å². The first-order valence-corrected chi connectivity index (χ1v) is 3.24. The zero-order valence-corrected chi connectivity index (χ0v) is 5.94. The summed E-state index contributed by atoms with van der Waals surface area (Å²) in [5, 5.41) is 34.9. The topological polar surface area (TPSA) is 80.9 Å². The molecule has 4 N–H and O–H groups in total. The van der Waals surface area contributed by atoms with E-state index in [-0.39, 0.29) is 13.0 Å². The van der Waals surface area contributed by atoms with Crippen molar-refractivity contribution >= 4 is 0 Å². The van der Waals surface area contributed by atoms with Gasteiger partial charge in [0.15, 0.2) is 0 Å². The minimum Gasteiger partial charge on any atom is -0.396 e. The largest absolute Gasteiger partial charge is 0.396 e. The van der Waals surface area contributed by atoms with E-state index in [2.05, 4.69) is 0 Å². The highest BCUT2D eigenvalue weighted by Gasteiger charge is 2.19. The zero-order chi connectivity index (χ0) is 8.15. The molecule has 0 spiro atoms. The first kappa shape index (κ1) is 9.84. The Morgan fingerprint density at radius 1 is 1.20 bits per heavy atom. The van der Waals surface area contributed by atoms with Crippen LogP contribution in [0, 0.1) is 0 Å². The maximum atomic E-state index is 8.92. The number of rotatable bonds is 4. The first-order chi connectivity index (χ1) is 4.59. The van der Waals surface area contributed by atoms with Gasteiger partial charge in [0.1, 0.15) is 6.10 Å². The summed E-state index contributed by atoms with van der Waals surface area (Å²) in [4.78, 5) is 0. The molecule has 0 bridgehead atoms.